The maximum atomic E-state index is 11.2. The van der Waals surface area contributed by atoms with E-state index >= 15 is 0 Å². The van der Waals surface area contributed by atoms with E-state index in [9.17, 15) is 5.11 Å². The summed E-state index contributed by atoms with van der Waals surface area (Å²) in [6, 6.07) is 58.3. The number of aromatic hydroxyl groups is 1. The summed E-state index contributed by atoms with van der Waals surface area (Å²) in [5.41, 5.74) is 14.5. The van der Waals surface area contributed by atoms with Crippen molar-refractivity contribution in [3.05, 3.63) is 193 Å². The van der Waals surface area contributed by atoms with E-state index in [0.717, 1.165) is 78.0 Å². The number of rotatable bonds is 7. The number of phenolic OH excluding ortho intramolecular Hbond substituents is 1. The highest BCUT2D eigenvalue weighted by Crippen LogP contribution is 2.40. The highest BCUT2D eigenvalue weighted by atomic mass is 16.3. The lowest BCUT2D eigenvalue weighted by molar-refractivity contribution is 0.477. The Labute approximate surface area is 319 Å². The van der Waals surface area contributed by atoms with Crippen LogP contribution in [0.3, 0.4) is 0 Å². The van der Waals surface area contributed by atoms with Gasteiger partial charge in [-0.2, -0.15) is 0 Å². The number of nitrogens with zero attached hydrogens (tertiary/aromatic N) is 3. The Morgan fingerprint density at radius 2 is 1.15 bits per heavy atom. The number of hydrogen-bond acceptors (Lipinski definition) is 3. The van der Waals surface area contributed by atoms with Gasteiger partial charge in [-0.3, -0.25) is 9.55 Å². The summed E-state index contributed by atoms with van der Waals surface area (Å²) in [7, 11) is 0. The lowest BCUT2D eigenvalue weighted by Crippen LogP contribution is -1.99. The number of para-hydroxylation sites is 2. The number of benzene rings is 7. The maximum Gasteiger partial charge on any atom is 0.149 e. The summed E-state index contributed by atoms with van der Waals surface area (Å²) >= 11 is 0. The average molecular weight is 699 g/mol. The van der Waals surface area contributed by atoms with Gasteiger partial charge < -0.3 is 5.11 Å². The van der Waals surface area contributed by atoms with Gasteiger partial charge in [0, 0.05) is 27.1 Å². The average Bonchev–Trinajstić information content (AvgIpc) is 3.64. The van der Waals surface area contributed by atoms with Gasteiger partial charge in [0.25, 0.3) is 0 Å². The van der Waals surface area contributed by atoms with Crippen molar-refractivity contribution < 1.29 is 9.22 Å². The van der Waals surface area contributed by atoms with E-state index < -0.39 is 6.85 Å². The lowest BCUT2D eigenvalue weighted by atomic mass is 9.93. The normalized spacial score (nSPS) is 12.3. The maximum absolute atomic E-state index is 11.2. The van der Waals surface area contributed by atoms with Crippen molar-refractivity contribution in [2.24, 2.45) is 0 Å². The Hall–Kier alpha value is -7.04. The molecule has 0 saturated heterocycles. The second-order valence-electron chi connectivity index (χ2n) is 13.6. The van der Waals surface area contributed by atoms with Gasteiger partial charge in [0.15, 0.2) is 0 Å². The summed E-state index contributed by atoms with van der Waals surface area (Å²) in [6.07, 6.45) is 1.80. The smallest absolute Gasteiger partial charge is 0.149 e. The Morgan fingerprint density at radius 3 is 1.89 bits per heavy atom. The van der Waals surface area contributed by atoms with Crippen LogP contribution in [0.15, 0.2) is 182 Å². The first-order valence-corrected chi connectivity index (χ1v) is 18.0. The zero-order valence-corrected chi connectivity index (χ0v) is 29.6. The predicted octanol–water partition coefficient (Wildman–Crippen LogP) is 12.7. The molecule has 0 aliphatic carbocycles. The fourth-order valence-corrected chi connectivity index (χ4v) is 7.29. The minimum absolute atomic E-state index is 0.152. The van der Waals surface area contributed by atoms with Gasteiger partial charge in [-0.15, -0.1) is 0 Å². The molecule has 0 aliphatic heterocycles. The molecule has 9 aromatic rings. The fourth-order valence-electron chi connectivity index (χ4n) is 7.29. The van der Waals surface area contributed by atoms with Gasteiger partial charge in [0.2, 0.25) is 0 Å². The minimum atomic E-state index is -2.16. The molecule has 0 spiro atoms. The van der Waals surface area contributed by atoms with Crippen molar-refractivity contribution in [1.82, 2.24) is 14.5 Å². The molecule has 0 radical (unpaired) electrons. The summed E-state index contributed by atoms with van der Waals surface area (Å²) in [5, 5.41) is 11.2. The SMILES string of the molecule is [2H]C([2H])([2H])c1ccc(-c2ccnc(-c3cc(-c4ccccc4)cc(-c4cccc5c4nc(-c4ccccc4O)n5-c4cc(C)cc(-c5ccccc5)c4)c3)c2)cc1. The Morgan fingerprint density at radius 1 is 0.500 bits per heavy atom. The Balaban J connectivity index is 1.25. The van der Waals surface area contributed by atoms with Crippen LogP contribution in [0, 0.1) is 13.8 Å². The second kappa shape index (κ2) is 13.8. The number of aryl methyl sites for hydroxylation is 2. The van der Waals surface area contributed by atoms with Crippen LogP contribution in [0.1, 0.15) is 15.2 Å². The van der Waals surface area contributed by atoms with Crippen LogP contribution < -0.4 is 0 Å². The largest absolute Gasteiger partial charge is 0.507 e. The van der Waals surface area contributed by atoms with Crippen LogP contribution in [0.4, 0.5) is 0 Å². The molecule has 0 aliphatic rings. The van der Waals surface area contributed by atoms with Crippen LogP contribution in [0.2, 0.25) is 0 Å². The second-order valence-corrected chi connectivity index (χ2v) is 13.6. The zero-order valence-electron chi connectivity index (χ0n) is 32.6. The van der Waals surface area contributed by atoms with E-state index in [0.29, 0.717) is 17.0 Å². The van der Waals surface area contributed by atoms with Gasteiger partial charge in [0.05, 0.1) is 22.3 Å². The molecule has 54 heavy (non-hydrogen) atoms. The van der Waals surface area contributed by atoms with Gasteiger partial charge in [-0.25, -0.2) is 4.98 Å². The minimum Gasteiger partial charge on any atom is -0.507 e. The molecule has 258 valence electrons. The van der Waals surface area contributed by atoms with Crippen LogP contribution in [0.25, 0.3) is 83.9 Å². The van der Waals surface area contributed by atoms with Crippen molar-refractivity contribution in [3.8, 4) is 78.6 Å². The molecular weight excluding hydrogens is 659 g/mol. The van der Waals surface area contributed by atoms with E-state index in [1.54, 1.807) is 24.4 Å². The lowest BCUT2D eigenvalue weighted by Gasteiger charge is -2.14. The first-order chi connectivity index (χ1) is 27.7. The number of phenols is 1. The first kappa shape index (κ1) is 29.5. The molecule has 0 atom stereocenters. The Kier molecular flexibility index (Phi) is 7.56. The molecule has 0 fully saturated rings. The molecule has 0 saturated carbocycles. The third-order valence-corrected chi connectivity index (χ3v) is 9.88. The summed E-state index contributed by atoms with van der Waals surface area (Å²) in [5.74, 6) is 0.789. The van der Waals surface area contributed by atoms with Gasteiger partial charge in [0.1, 0.15) is 11.6 Å². The molecule has 4 heteroatoms. The topological polar surface area (TPSA) is 50.9 Å². The number of imidazole rings is 1. The fraction of sp³-hybridized carbons (Fsp3) is 0.0400. The molecule has 2 aromatic heterocycles. The quantitative estimate of drug-likeness (QED) is 0.180. The van der Waals surface area contributed by atoms with Gasteiger partial charge in [-0.05, 0) is 119 Å². The number of pyridine rings is 1. The third kappa shape index (κ3) is 6.24. The highest BCUT2D eigenvalue weighted by molar-refractivity contribution is 5.97. The molecule has 4 nitrogen and oxygen atoms in total. The Bertz CT molecular complexity index is 2900. The van der Waals surface area contributed by atoms with E-state index in [4.69, 9.17) is 14.1 Å². The number of hydrogen-bond donors (Lipinski definition) is 1. The van der Waals surface area contributed by atoms with Crippen molar-refractivity contribution in [1.29, 1.82) is 0 Å². The molecule has 0 amide bonds. The third-order valence-electron chi connectivity index (χ3n) is 9.88. The molecule has 0 bridgehead atoms. The highest BCUT2D eigenvalue weighted by Gasteiger charge is 2.21. The molecule has 9 rings (SSSR count). The molecule has 7 aromatic carbocycles. The van der Waals surface area contributed by atoms with Crippen molar-refractivity contribution in [2.75, 3.05) is 0 Å². The van der Waals surface area contributed by atoms with Crippen molar-refractivity contribution in [3.63, 3.8) is 0 Å². The van der Waals surface area contributed by atoms with Crippen LogP contribution in [-0.2, 0) is 0 Å². The number of aromatic nitrogens is 3. The molecule has 2 heterocycles. The summed E-state index contributed by atoms with van der Waals surface area (Å²) < 4.78 is 25.5. The predicted molar refractivity (Wildman–Crippen MR) is 223 cm³/mol. The summed E-state index contributed by atoms with van der Waals surface area (Å²) in [6.45, 7) is -0.0612. The van der Waals surface area contributed by atoms with Crippen molar-refractivity contribution >= 4 is 11.0 Å². The van der Waals surface area contributed by atoms with Crippen LogP contribution in [-0.4, -0.2) is 19.6 Å². The summed E-state index contributed by atoms with van der Waals surface area (Å²) in [4.78, 5) is 10.2. The molecular formula is C50H37N3O. The van der Waals surface area contributed by atoms with Gasteiger partial charge in [-0.1, -0.05) is 121 Å². The van der Waals surface area contributed by atoms with E-state index in [-0.39, 0.29) is 5.75 Å². The zero-order chi connectivity index (χ0) is 39.1. The van der Waals surface area contributed by atoms with E-state index in [1.165, 1.54) is 0 Å². The van der Waals surface area contributed by atoms with Crippen LogP contribution >= 0.6 is 0 Å². The van der Waals surface area contributed by atoms with E-state index in [1.807, 2.05) is 78.9 Å². The van der Waals surface area contributed by atoms with E-state index in [2.05, 4.69) is 90.4 Å². The number of fused-ring (bicyclic) bond motifs is 1. The standard InChI is InChI=1S/C50H37N3O/c1-33-20-22-37(23-21-33)38-24-25-51-46(32-38)42-29-40(36-14-7-4-8-15-36)28-41(30-42)44-17-11-18-47-49(44)52-50(45-16-9-10-19-48(45)54)53(47)43-27-34(2)26-39(31-43)35-12-5-3-6-13-35/h3-32,54H,1-2H3/i1D3. The monoisotopic (exact) mass is 698 g/mol. The van der Waals surface area contributed by atoms with Crippen LogP contribution in [0.5, 0.6) is 5.75 Å². The molecule has 0 unspecified atom stereocenters. The first-order valence-electron chi connectivity index (χ1n) is 19.5. The van der Waals surface area contributed by atoms with Gasteiger partial charge >= 0.3 is 0 Å². The molecule has 1 N–H and O–H groups in total. The van der Waals surface area contributed by atoms with Crippen molar-refractivity contribution in [2.45, 2.75) is 13.8 Å².